The van der Waals surface area contributed by atoms with Crippen LogP contribution in [0.5, 0.6) is 11.5 Å². The van der Waals surface area contributed by atoms with Crippen LogP contribution < -0.4 is 0 Å². The van der Waals surface area contributed by atoms with Gasteiger partial charge in [-0.15, -0.1) is 0 Å². The van der Waals surface area contributed by atoms with Gasteiger partial charge in [-0.3, -0.25) is 9.59 Å². The van der Waals surface area contributed by atoms with Crippen LogP contribution in [0.2, 0.25) is 0 Å². The number of phenols is 2. The predicted octanol–water partition coefficient (Wildman–Crippen LogP) is 1.55. The number of hydrogen-bond donors (Lipinski definition) is 2. The van der Waals surface area contributed by atoms with Crippen LogP contribution in [0.1, 0.15) is 22.3 Å². The van der Waals surface area contributed by atoms with Crippen molar-refractivity contribution in [2.75, 3.05) is 0 Å². The monoisotopic (exact) mass is 258 g/mol. The highest BCUT2D eigenvalue weighted by Crippen LogP contribution is 2.48. The van der Waals surface area contributed by atoms with E-state index in [0.29, 0.717) is 12.7 Å². The first-order valence-electron chi connectivity index (χ1n) is 5.71. The summed E-state index contributed by atoms with van der Waals surface area (Å²) >= 11 is 0. The van der Waals surface area contributed by atoms with Gasteiger partial charge in [0.1, 0.15) is 11.5 Å². The fourth-order valence-electron chi connectivity index (χ4n) is 2.51. The minimum absolute atomic E-state index is 0.0167. The lowest BCUT2D eigenvalue weighted by Gasteiger charge is -2.31. The summed E-state index contributed by atoms with van der Waals surface area (Å²) in [7, 11) is 0. The second kappa shape index (κ2) is 3.71. The molecule has 1 atom stereocenters. The lowest BCUT2D eigenvalue weighted by atomic mass is 9.81. The van der Waals surface area contributed by atoms with Gasteiger partial charge in [0.15, 0.2) is 23.4 Å². The maximum absolute atomic E-state index is 11.8. The van der Waals surface area contributed by atoms with Crippen molar-refractivity contribution in [2.24, 2.45) is 0 Å². The van der Waals surface area contributed by atoms with E-state index in [4.69, 9.17) is 4.74 Å². The lowest BCUT2D eigenvalue weighted by molar-refractivity contribution is -0.109. The van der Waals surface area contributed by atoms with Crippen molar-refractivity contribution < 1.29 is 24.5 Å². The molecule has 0 saturated carbocycles. The van der Waals surface area contributed by atoms with Crippen molar-refractivity contribution in [1.29, 1.82) is 0 Å². The highest BCUT2D eigenvalue weighted by molar-refractivity contribution is 6.09. The summed E-state index contributed by atoms with van der Waals surface area (Å²) in [6.45, 7) is 0. The quantitative estimate of drug-likeness (QED) is 0.589. The first kappa shape index (κ1) is 11.5. The number of allylic oxidation sites excluding steroid dienone is 2. The van der Waals surface area contributed by atoms with Gasteiger partial charge in [-0.1, -0.05) is 0 Å². The van der Waals surface area contributed by atoms with Gasteiger partial charge in [-0.2, -0.15) is 0 Å². The van der Waals surface area contributed by atoms with Crippen LogP contribution in [-0.2, 0) is 15.1 Å². The Balaban J connectivity index is 2.23. The van der Waals surface area contributed by atoms with Crippen molar-refractivity contribution in [3.05, 3.63) is 47.2 Å². The summed E-state index contributed by atoms with van der Waals surface area (Å²) in [5.41, 5.74) is -0.876. The molecule has 0 aromatic heterocycles. The number of carbonyl (C=O) groups is 2. The van der Waals surface area contributed by atoms with E-state index in [9.17, 15) is 19.8 Å². The molecule has 5 heteroatoms. The average Bonchev–Trinajstić information content (AvgIpc) is 2.82. The molecule has 1 spiro atoms. The van der Waals surface area contributed by atoms with Crippen LogP contribution in [0.3, 0.4) is 0 Å². The molecule has 0 saturated heterocycles. The van der Waals surface area contributed by atoms with Crippen molar-refractivity contribution >= 4 is 12.1 Å². The van der Waals surface area contributed by atoms with E-state index in [1.165, 1.54) is 24.3 Å². The van der Waals surface area contributed by atoms with Gasteiger partial charge in [0.25, 0.3) is 0 Å². The SMILES string of the molecule is O=CC1=CCC2(C=CC(=O)c3c(O)ccc(O)c32)O1. The molecule has 1 heterocycles. The lowest BCUT2D eigenvalue weighted by Crippen LogP contribution is -2.29. The smallest absolute Gasteiger partial charge is 0.189 e. The predicted molar refractivity (Wildman–Crippen MR) is 64.8 cm³/mol. The van der Waals surface area contributed by atoms with Gasteiger partial charge >= 0.3 is 0 Å². The van der Waals surface area contributed by atoms with E-state index in [2.05, 4.69) is 0 Å². The normalized spacial score (nSPS) is 24.0. The summed E-state index contributed by atoms with van der Waals surface area (Å²) < 4.78 is 5.53. The number of benzene rings is 1. The molecule has 1 aromatic rings. The van der Waals surface area contributed by atoms with Crippen LogP contribution in [0.4, 0.5) is 0 Å². The molecular weight excluding hydrogens is 248 g/mol. The summed E-state index contributed by atoms with van der Waals surface area (Å²) in [6, 6.07) is 2.55. The Morgan fingerprint density at radius 2 is 2.00 bits per heavy atom. The zero-order valence-electron chi connectivity index (χ0n) is 9.79. The Kier molecular flexibility index (Phi) is 2.25. The Morgan fingerprint density at radius 3 is 2.68 bits per heavy atom. The molecule has 0 bridgehead atoms. The molecule has 1 aliphatic heterocycles. The summed E-state index contributed by atoms with van der Waals surface area (Å²) in [4.78, 5) is 22.6. The highest BCUT2D eigenvalue weighted by atomic mass is 16.5. The number of aromatic hydroxyl groups is 2. The number of aldehydes is 1. The molecule has 2 aliphatic rings. The first-order chi connectivity index (χ1) is 9.07. The van der Waals surface area contributed by atoms with Crippen molar-refractivity contribution in [1.82, 2.24) is 0 Å². The van der Waals surface area contributed by atoms with Crippen LogP contribution in [-0.4, -0.2) is 22.3 Å². The molecule has 1 unspecified atom stereocenters. The van der Waals surface area contributed by atoms with Gasteiger partial charge in [0.2, 0.25) is 0 Å². The van der Waals surface area contributed by atoms with Crippen molar-refractivity contribution in [2.45, 2.75) is 12.0 Å². The molecule has 0 amide bonds. The fraction of sp³-hybridized carbons (Fsp3) is 0.143. The third kappa shape index (κ3) is 1.48. The van der Waals surface area contributed by atoms with Crippen LogP contribution in [0.15, 0.2) is 36.1 Å². The number of phenolic OH excluding ortho intramolecular Hbond substituents is 2. The van der Waals surface area contributed by atoms with Gasteiger partial charge in [0, 0.05) is 6.42 Å². The summed E-state index contributed by atoms with van der Waals surface area (Å²) in [6.07, 6.45) is 5.25. The van der Waals surface area contributed by atoms with E-state index in [1.807, 2.05) is 0 Å². The third-order valence-electron chi connectivity index (χ3n) is 3.36. The molecule has 96 valence electrons. The standard InChI is InChI=1S/C14H10O5/c15-7-8-3-5-14(19-8)6-4-10(17)12-9(16)1-2-11(18)13(12)14/h1-4,6-7,16,18H,5H2. The third-order valence-corrected chi connectivity index (χ3v) is 3.36. The summed E-state index contributed by atoms with van der Waals surface area (Å²) in [5, 5.41) is 19.8. The Bertz CT molecular complexity index is 656. The van der Waals surface area contributed by atoms with Crippen LogP contribution >= 0.6 is 0 Å². The molecule has 5 nitrogen and oxygen atoms in total. The largest absolute Gasteiger partial charge is 0.507 e. The van der Waals surface area contributed by atoms with Gasteiger partial charge in [-0.25, -0.2) is 0 Å². The van der Waals surface area contributed by atoms with Crippen molar-refractivity contribution in [3.8, 4) is 11.5 Å². The van der Waals surface area contributed by atoms with Gasteiger partial charge in [-0.05, 0) is 30.4 Å². The molecule has 0 fully saturated rings. The second-order valence-electron chi connectivity index (χ2n) is 4.47. The number of fused-ring (bicyclic) bond motifs is 2. The molecule has 19 heavy (non-hydrogen) atoms. The highest BCUT2D eigenvalue weighted by Gasteiger charge is 2.44. The Labute approximate surface area is 108 Å². The number of rotatable bonds is 1. The molecular formula is C14H10O5. The maximum atomic E-state index is 11.8. The minimum Gasteiger partial charge on any atom is -0.507 e. The van der Waals surface area contributed by atoms with E-state index in [1.54, 1.807) is 6.08 Å². The van der Waals surface area contributed by atoms with Crippen molar-refractivity contribution in [3.63, 3.8) is 0 Å². The molecule has 1 aliphatic carbocycles. The van der Waals surface area contributed by atoms with Crippen LogP contribution in [0, 0.1) is 0 Å². The number of ketones is 1. The van der Waals surface area contributed by atoms with E-state index < -0.39 is 11.4 Å². The molecule has 2 N–H and O–H groups in total. The number of carbonyl (C=O) groups excluding carboxylic acids is 2. The molecule has 3 rings (SSSR count). The van der Waals surface area contributed by atoms with Gasteiger partial charge < -0.3 is 14.9 Å². The van der Waals surface area contributed by atoms with E-state index in [-0.39, 0.29) is 28.4 Å². The zero-order valence-corrected chi connectivity index (χ0v) is 9.79. The first-order valence-corrected chi connectivity index (χ1v) is 5.71. The fourth-order valence-corrected chi connectivity index (χ4v) is 2.51. The number of ether oxygens (including phenoxy) is 1. The summed E-state index contributed by atoms with van der Waals surface area (Å²) in [5.74, 6) is -0.624. The van der Waals surface area contributed by atoms with Gasteiger partial charge in [0.05, 0.1) is 11.1 Å². The Morgan fingerprint density at radius 1 is 1.26 bits per heavy atom. The minimum atomic E-state index is -1.09. The molecule has 1 aromatic carbocycles. The topological polar surface area (TPSA) is 83.8 Å². The molecule has 0 radical (unpaired) electrons. The Hall–Kier alpha value is -2.56. The maximum Gasteiger partial charge on any atom is 0.189 e. The average molecular weight is 258 g/mol. The van der Waals surface area contributed by atoms with E-state index >= 15 is 0 Å². The number of hydrogen-bond acceptors (Lipinski definition) is 5. The van der Waals surface area contributed by atoms with Crippen LogP contribution in [0.25, 0.3) is 0 Å². The van der Waals surface area contributed by atoms with E-state index in [0.717, 1.165) is 0 Å². The second-order valence-corrected chi connectivity index (χ2v) is 4.47. The zero-order chi connectivity index (χ0) is 13.6.